The average molecular weight is 1690 g/mol. The van der Waals surface area contributed by atoms with Crippen molar-refractivity contribution in [2.24, 2.45) is 86.0 Å². The van der Waals surface area contributed by atoms with Crippen LogP contribution in [0.4, 0.5) is 0 Å². The van der Waals surface area contributed by atoms with Crippen molar-refractivity contribution in [2.45, 2.75) is 206 Å². The molecule has 0 aromatic heterocycles. The van der Waals surface area contributed by atoms with Gasteiger partial charge >= 0.3 is 0 Å². The van der Waals surface area contributed by atoms with Crippen LogP contribution in [0.25, 0.3) is 0 Å². The topological polar surface area (TPSA) is 436 Å². The van der Waals surface area contributed by atoms with Crippen molar-refractivity contribution in [3.8, 4) is 0 Å². The fourth-order valence-corrected chi connectivity index (χ4v) is 16.7. The van der Waals surface area contributed by atoms with Crippen LogP contribution in [-0.2, 0) is 0 Å². The Labute approximate surface area is 730 Å². The van der Waals surface area contributed by atoms with Crippen molar-refractivity contribution in [3.63, 3.8) is 0 Å². The van der Waals surface area contributed by atoms with Gasteiger partial charge in [0.1, 0.15) is 0 Å². The molecule has 0 rings (SSSR count). The summed E-state index contributed by atoms with van der Waals surface area (Å²) in [6.07, 6.45) is 34.0. The van der Waals surface area contributed by atoms with Crippen LogP contribution in [0.5, 0.6) is 0 Å². The van der Waals surface area contributed by atoms with Gasteiger partial charge in [-0.15, -0.1) is 0 Å². The van der Waals surface area contributed by atoms with Gasteiger partial charge in [-0.2, -0.15) is 0 Å². The lowest BCUT2D eigenvalue weighted by atomic mass is 10.2. The van der Waals surface area contributed by atoms with Crippen molar-refractivity contribution in [2.75, 3.05) is 373 Å². The number of nitrogens with two attached hydrogens (primary N) is 15. The van der Waals surface area contributed by atoms with Crippen molar-refractivity contribution >= 4 is 0 Å². The predicted molar refractivity (Wildman–Crippen MR) is 515 cm³/mol. The molecule has 0 saturated carbocycles. The summed E-state index contributed by atoms with van der Waals surface area (Å²) in [6, 6.07) is 0. The third-order valence-electron chi connectivity index (χ3n) is 23.6. The monoisotopic (exact) mass is 1680 g/mol. The molecule has 0 amide bonds. The highest BCUT2D eigenvalue weighted by Gasteiger charge is 2.19. The summed E-state index contributed by atoms with van der Waals surface area (Å²) in [6.45, 7) is 58.7. The molecule has 0 atom stereocenters. The summed E-state index contributed by atoms with van der Waals surface area (Å²) < 4.78 is 0. The Hall–Kier alpha value is -1.16. The maximum atomic E-state index is 6.11. The summed E-state index contributed by atoms with van der Waals surface area (Å²) in [7, 11) is 0. The Morgan fingerprint density at radius 3 is 0.237 bits per heavy atom. The van der Waals surface area contributed by atoms with Crippen LogP contribution in [-0.4, -0.2) is 442 Å². The van der Waals surface area contributed by atoms with Crippen molar-refractivity contribution in [1.29, 1.82) is 0 Å². The summed E-state index contributed by atoms with van der Waals surface area (Å²) in [5.41, 5.74) is 91.3. The van der Waals surface area contributed by atoms with Crippen molar-refractivity contribution < 1.29 is 0 Å². The molecule has 118 heavy (non-hydrogen) atoms. The van der Waals surface area contributed by atoms with Gasteiger partial charge < -0.3 is 155 Å². The number of hydrogen-bond acceptors (Lipinski definition) is 29. The van der Waals surface area contributed by atoms with E-state index in [-0.39, 0.29) is 0 Å². The molecule has 0 unspecified atom stereocenters. The predicted octanol–water partition coefficient (Wildman–Crippen LogP) is 1.71. The maximum absolute atomic E-state index is 6.11. The van der Waals surface area contributed by atoms with E-state index in [1.807, 2.05) is 0 Å². The molecule has 29 heteroatoms. The summed E-state index contributed by atoms with van der Waals surface area (Å²) in [5, 5.41) is 0. The van der Waals surface area contributed by atoms with E-state index in [1.165, 1.54) is 38.5 Å². The second-order valence-electron chi connectivity index (χ2n) is 34.2. The van der Waals surface area contributed by atoms with Gasteiger partial charge in [0.25, 0.3) is 0 Å². The Morgan fingerprint density at radius 1 is 0.0932 bits per heavy atom. The Kier molecular flexibility index (Phi) is 91.1. The van der Waals surface area contributed by atoms with Crippen LogP contribution in [0, 0.1) is 0 Å². The first-order chi connectivity index (χ1) is 58.0. The average Bonchev–Trinajstić information content (AvgIpc) is 0.909. The van der Waals surface area contributed by atoms with Gasteiger partial charge in [-0.1, -0.05) is 13.3 Å². The van der Waals surface area contributed by atoms with Gasteiger partial charge in [0, 0.05) is 0 Å². The van der Waals surface area contributed by atoms with E-state index in [2.05, 4.69) is 75.5 Å². The highest BCUT2D eigenvalue weighted by molar-refractivity contribution is 4.76. The van der Waals surface area contributed by atoms with E-state index in [0.717, 1.165) is 534 Å². The van der Waals surface area contributed by atoms with Gasteiger partial charge in [0.15, 0.2) is 0 Å². The van der Waals surface area contributed by atoms with Crippen LogP contribution < -0.4 is 86.0 Å². The number of hydrogen-bond donors (Lipinski definition) is 15. The van der Waals surface area contributed by atoms with Gasteiger partial charge in [-0.25, -0.2) is 0 Å². The number of nitrogens with zero attached hydrogens (tertiary/aromatic N) is 14. The first kappa shape index (κ1) is 117. The summed E-state index contributed by atoms with van der Waals surface area (Å²) >= 11 is 0. The third kappa shape index (κ3) is 74.0. The molecular formula is C89H209N29. The summed E-state index contributed by atoms with van der Waals surface area (Å²) in [5.74, 6) is 0. The molecule has 0 aromatic rings. The molecule has 0 bridgehead atoms. The van der Waals surface area contributed by atoms with E-state index in [4.69, 9.17) is 86.0 Å². The highest BCUT2D eigenvalue weighted by Crippen LogP contribution is 2.13. The second-order valence-corrected chi connectivity index (χ2v) is 34.2. The molecule has 0 aliphatic heterocycles. The lowest BCUT2D eigenvalue weighted by molar-refractivity contribution is 0.173. The van der Waals surface area contributed by atoms with E-state index >= 15 is 0 Å². The Morgan fingerprint density at radius 2 is 0.161 bits per heavy atom. The SMILES string of the molecule is CCCCN(CCCN)CCCN(CCCN(CCCN)CCCN)CCCN(CCCCN(CCCN(CCCN(CCCN)CCCN)CCCN(CCCN)CCCN)CCCN(CCCN(CCCN)CCCN)CCCN(CCCN)CCCN)CCCN(CCCN(CCCN)CCCN)CCCN(CCCN)CCCN. The molecule has 0 fully saturated rings. The molecule has 0 saturated heterocycles. The minimum absolute atomic E-state index is 0.720. The van der Waals surface area contributed by atoms with Crippen molar-refractivity contribution in [3.05, 3.63) is 0 Å². The molecule has 0 aliphatic rings. The quantitative estimate of drug-likeness (QED) is 0.0385. The van der Waals surface area contributed by atoms with Crippen LogP contribution in [0.3, 0.4) is 0 Å². The number of unbranched alkanes of at least 4 members (excludes halogenated alkanes) is 2. The minimum atomic E-state index is 0.720. The first-order valence-electron chi connectivity index (χ1n) is 49.6. The molecule has 30 N–H and O–H groups in total. The molecule has 0 aromatic carbocycles. The van der Waals surface area contributed by atoms with Crippen molar-refractivity contribution in [1.82, 2.24) is 68.6 Å². The second kappa shape index (κ2) is 92.0. The molecule has 29 nitrogen and oxygen atoms in total. The Balaban J connectivity index is 7.74. The number of rotatable bonds is 101. The van der Waals surface area contributed by atoms with E-state index in [1.54, 1.807) is 0 Å². The third-order valence-corrected chi connectivity index (χ3v) is 23.6. The molecule has 0 heterocycles. The molecule has 710 valence electrons. The van der Waals surface area contributed by atoms with Gasteiger partial charge in [0.05, 0.1) is 0 Å². The lowest BCUT2D eigenvalue weighted by Gasteiger charge is -2.30. The maximum Gasteiger partial charge on any atom is -0.000653 e. The van der Waals surface area contributed by atoms with E-state index in [0.29, 0.717) is 0 Å². The fourth-order valence-electron chi connectivity index (χ4n) is 16.7. The summed E-state index contributed by atoms with van der Waals surface area (Å²) in [4.78, 5) is 38.0. The zero-order valence-corrected chi connectivity index (χ0v) is 78.1. The Bertz CT molecular complexity index is 1500. The zero-order chi connectivity index (χ0) is 86.3. The van der Waals surface area contributed by atoms with E-state index in [9.17, 15) is 0 Å². The molecule has 0 radical (unpaired) electrons. The van der Waals surface area contributed by atoms with Gasteiger partial charge in [-0.3, -0.25) is 0 Å². The van der Waals surface area contributed by atoms with Gasteiger partial charge in [0.2, 0.25) is 0 Å². The van der Waals surface area contributed by atoms with E-state index < -0.39 is 0 Å². The minimum Gasteiger partial charge on any atom is -0.330 e. The zero-order valence-electron chi connectivity index (χ0n) is 78.1. The smallest absolute Gasteiger partial charge is 0.000653 e. The van der Waals surface area contributed by atoms with Crippen LogP contribution >= 0.6 is 0 Å². The first-order valence-corrected chi connectivity index (χ1v) is 49.6. The largest absolute Gasteiger partial charge is 0.330 e. The fraction of sp³-hybridized carbons (Fsp3) is 1.00. The van der Waals surface area contributed by atoms with Crippen LogP contribution in [0.2, 0.25) is 0 Å². The lowest BCUT2D eigenvalue weighted by Crippen LogP contribution is -2.38. The molecular weight excluding hydrogens is 1480 g/mol. The molecule has 0 aliphatic carbocycles. The van der Waals surface area contributed by atoms with Crippen LogP contribution in [0.1, 0.15) is 206 Å². The van der Waals surface area contributed by atoms with Gasteiger partial charge in [-0.05, 0) is 566 Å². The molecule has 0 spiro atoms. The normalized spacial score (nSPS) is 12.6. The highest BCUT2D eigenvalue weighted by atomic mass is 15.2. The van der Waals surface area contributed by atoms with Crippen LogP contribution in [0.15, 0.2) is 0 Å². The standard InChI is InChI=1S/C89H209N29/c1-2-3-48-105(51-6-33-90)66-21-78-115(83-26-71-108(52-7-34-91)53-8-35-92)79-22-67-106(68-23-80-116(84-27-72-109(54-9-36-93)55-10-37-94)85-28-73-110(56-11-38-95)57-12-39-96)49-4-5-50-107(69-24-81-117(86-29-74-111(58-13-40-97)59-14-41-98)87-30-75-112(60-15-42-99)61-16-43-100)70-25-82-118(88-31-76-113(62-17-44-101)63-18-45-102)89-32-77-114(64-19-46-103)65-20-47-104/h2-104H2,1H3.